The number of hydrogen-bond donors (Lipinski definition) is 3. The molecule has 4 N–H and O–H groups in total. The first-order valence-electron chi connectivity index (χ1n) is 5.60. The van der Waals surface area contributed by atoms with Crippen molar-refractivity contribution < 1.29 is 5.11 Å². The van der Waals surface area contributed by atoms with Gasteiger partial charge in [0.05, 0.1) is 11.9 Å². The maximum absolute atomic E-state index is 9.43. The van der Waals surface area contributed by atoms with Crippen molar-refractivity contribution in [3.63, 3.8) is 0 Å². The zero-order chi connectivity index (χ0) is 12.5. The number of aromatic amines is 1. The van der Waals surface area contributed by atoms with Crippen LogP contribution in [-0.2, 0) is 6.54 Å². The van der Waals surface area contributed by atoms with Crippen LogP contribution in [0.2, 0.25) is 0 Å². The summed E-state index contributed by atoms with van der Waals surface area (Å²) >= 11 is 0. The van der Waals surface area contributed by atoms with Crippen molar-refractivity contribution in [1.29, 1.82) is 0 Å². The summed E-state index contributed by atoms with van der Waals surface area (Å²) in [4.78, 5) is 3.11. The molecule has 0 aliphatic heterocycles. The minimum absolute atomic E-state index is 0.234. The van der Waals surface area contributed by atoms with Gasteiger partial charge >= 0.3 is 0 Å². The lowest BCUT2D eigenvalue weighted by molar-refractivity contribution is 0.476. The number of nitrogens with zero attached hydrogens (tertiary/aromatic N) is 2. The Bertz CT molecular complexity index is 705. The Hall–Kier alpha value is -2.40. The molecule has 0 atom stereocenters. The van der Waals surface area contributed by atoms with Gasteiger partial charge in [-0.05, 0) is 23.8 Å². The fourth-order valence-corrected chi connectivity index (χ4v) is 1.98. The van der Waals surface area contributed by atoms with Gasteiger partial charge in [-0.2, -0.15) is 10.2 Å². The van der Waals surface area contributed by atoms with E-state index in [9.17, 15) is 5.11 Å². The molecule has 0 unspecified atom stereocenters. The molecule has 1 aromatic carbocycles. The number of rotatable bonds is 2. The van der Waals surface area contributed by atoms with Crippen LogP contribution in [0.1, 0.15) is 5.56 Å². The van der Waals surface area contributed by atoms with Crippen LogP contribution in [0, 0.1) is 0 Å². The highest BCUT2D eigenvalue weighted by molar-refractivity contribution is 5.95. The smallest absolute Gasteiger partial charge is 0.117 e. The third-order valence-corrected chi connectivity index (χ3v) is 2.89. The molecule has 0 aliphatic rings. The van der Waals surface area contributed by atoms with Crippen molar-refractivity contribution in [2.45, 2.75) is 6.54 Å². The number of aromatic hydroxyl groups is 1. The second-order valence-corrected chi connectivity index (χ2v) is 4.09. The number of fused-ring (bicyclic) bond motifs is 1. The molecular formula is C13H12N4O. The standard InChI is InChI=1S/C13H12N4O/c14-5-8-3-13(17-16-6-8)11-7-15-12-4-9(18)1-2-10(11)12/h1-4,6-7,15,18H,5,14H2. The molecule has 2 aromatic heterocycles. The number of benzene rings is 1. The largest absolute Gasteiger partial charge is 0.508 e. The minimum Gasteiger partial charge on any atom is -0.508 e. The van der Waals surface area contributed by atoms with Gasteiger partial charge in [0.2, 0.25) is 0 Å². The summed E-state index contributed by atoms with van der Waals surface area (Å²) in [5.41, 5.74) is 9.12. The summed E-state index contributed by atoms with van der Waals surface area (Å²) in [6, 6.07) is 7.11. The summed E-state index contributed by atoms with van der Waals surface area (Å²) in [6.45, 7) is 0.436. The van der Waals surface area contributed by atoms with E-state index in [-0.39, 0.29) is 5.75 Å². The van der Waals surface area contributed by atoms with E-state index in [0.29, 0.717) is 6.54 Å². The van der Waals surface area contributed by atoms with Gasteiger partial charge in [0, 0.05) is 35.3 Å². The van der Waals surface area contributed by atoms with Gasteiger partial charge in [0.1, 0.15) is 5.75 Å². The van der Waals surface area contributed by atoms with Crippen LogP contribution in [-0.4, -0.2) is 20.3 Å². The number of nitrogens with two attached hydrogens (primary N) is 1. The molecule has 0 aliphatic carbocycles. The molecule has 0 saturated heterocycles. The minimum atomic E-state index is 0.234. The molecule has 18 heavy (non-hydrogen) atoms. The third kappa shape index (κ3) is 1.70. The van der Waals surface area contributed by atoms with E-state index in [1.165, 1.54) is 0 Å². The first kappa shape index (κ1) is 10.7. The Kier molecular flexibility index (Phi) is 2.46. The highest BCUT2D eigenvalue weighted by Crippen LogP contribution is 2.29. The molecule has 0 fully saturated rings. The zero-order valence-electron chi connectivity index (χ0n) is 9.59. The average molecular weight is 240 g/mol. The molecule has 0 radical (unpaired) electrons. The second-order valence-electron chi connectivity index (χ2n) is 4.09. The van der Waals surface area contributed by atoms with Crippen LogP contribution in [0.25, 0.3) is 22.2 Å². The highest BCUT2D eigenvalue weighted by Gasteiger charge is 2.08. The topological polar surface area (TPSA) is 87.8 Å². The van der Waals surface area contributed by atoms with Crippen LogP contribution >= 0.6 is 0 Å². The van der Waals surface area contributed by atoms with Crippen LogP contribution in [0.5, 0.6) is 5.75 Å². The molecule has 3 aromatic rings. The van der Waals surface area contributed by atoms with Gasteiger partial charge in [-0.1, -0.05) is 0 Å². The van der Waals surface area contributed by atoms with Crippen molar-refractivity contribution in [1.82, 2.24) is 15.2 Å². The number of phenols is 1. The van der Waals surface area contributed by atoms with Gasteiger partial charge in [-0.25, -0.2) is 0 Å². The lowest BCUT2D eigenvalue weighted by Gasteiger charge is -2.00. The van der Waals surface area contributed by atoms with E-state index in [0.717, 1.165) is 27.7 Å². The molecule has 5 heteroatoms. The van der Waals surface area contributed by atoms with Crippen molar-refractivity contribution in [2.24, 2.45) is 5.73 Å². The van der Waals surface area contributed by atoms with Crippen LogP contribution < -0.4 is 5.73 Å². The summed E-state index contributed by atoms with van der Waals surface area (Å²) in [5, 5.41) is 18.5. The summed E-state index contributed by atoms with van der Waals surface area (Å²) in [7, 11) is 0. The molecule has 0 amide bonds. The van der Waals surface area contributed by atoms with Crippen LogP contribution in [0.3, 0.4) is 0 Å². The highest BCUT2D eigenvalue weighted by atomic mass is 16.3. The van der Waals surface area contributed by atoms with Crippen LogP contribution in [0.4, 0.5) is 0 Å². The predicted octanol–water partition coefficient (Wildman–Crippen LogP) is 1.79. The first-order valence-corrected chi connectivity index (χ1v) is 5.60. The fourth-order valence-electron chi connectivity index (χ4n) is 1.98. The molecule has 90 valence electrons. The van der Waals surface area contributed by atoms with Crippen molar-refractivity contribution in [3.05, 3.63) is 42.2 Å². The van der Waals surface area contributed by atoms with Gasteiger partial charge in [-0.15, -0.1) is 0 Å². The molecule has 0 saturated carbocycles. The molecule has 3 rings (SSSR count). The Labute approximate surface area is 103 Å². The van der Waals surface area contributed by atoms with Crippen molar-refractivity contribution in [2.75, 3.05) is 0 Å². The Balaban J connectivity index is 2.19. The average Bonchev–Trinajstić information content (AvgIpc) is 2.81. The summed E-state index contributed by atoms with van der Waals surface area (Å²) < 4.78 is 0. The van der Waals surface area contributed by atoms with Gasteiger partial charge in [-0.3, -0.25) is 0 Å². The monoisotopic (exact) mass is 240 g/mol. The van der Waals surface area contributed by atoms with Gasteiger partial charge < -0.3 is 15.8 Å². The Morgan fingerprint density at radius 3 is 3.00 bits per heavy atom. The molecule has 2 heterocycles. The number of aromatic nitrogens is 3. The number of H-pyrrole nitrogens is 1. The lowest BCUT2D eigenvalue weighted by Crippen LogP contribution is -1.98. The molecule has 0 spiro atoms. The van der Waals surface area contributed by atoms with Gasteiger partial charge in [0.15, 0.2) is 0 Å². The van der Waals surface area contributed by atoms with E-state index in [2.05, 4.69) is 15.2 Å². The van der Waals surface area contributed by atoms with E-state index in [1.807, 2.05) is 18.3 Å². The summed E-state index contributed by atoms with van der Waals surface area (Å²) in [5.74, 6) is 0.234. The predicted molar refractivity (Wildman–Crippen MR) is 68.9 cm³/mol. The summed E-state index contributed by atoms with van der Waals surface area (Å²) in [6.07, 6.45) is 3.51. The number of phenolic OH excluding ortho intramolecular Hbond substituents is 1. The Morgan fingerprint density at radius 1 is 1.28 bits per heavy atom. The number of hydrogen-bond acceptors (Lipinski definition) is 4. The molecule has 0 bridgehead atoms. The van der Waals surface area contributed by atoms with Gasteiger partial charge in [0.25, 0.3) is 0 Å². The van der Waals surface area contributed by atoms with E-state index >= 15 is 0 Å². The van der Waals surface area contributed by atoms with Crippen LogP contribution in [0.15, 0.2) is 36.7 Å². The zero-order valence-corrected chi connectivity index (χ0v) is 9.59. The molecule has 5 nitrogen and oxygen atoms in total. The quantitative estimate of drug-likeness (QED) is 0.637. The SMILES string of the molecule is NCc1cnnc(-c2c[nH]c3cc(O)ccc23)c1. The van der Waals surface area contributed by atoms with E-state index in [4.69, 9.17) is 5.73 Å². The van der Waals surface area contributed by atoms with E-state index in [1.54, 1.807) is 18.3 Å². The van der Waals surface area contributed by atoms with Crippen molar-refractivity contribution >= 4 is 10.9 Å². The van der Waals surface area contributed by atoms with E-state index < -0.39 is 0 Å². The lowest BCUT2D eigenvalue weighted by atomic mass is 10.1. The first-order chi connectivity index (χ1) is 8.78. The number of nitrogens with one attached hydrogen (secondary N) is 1. The second kappa shape index (κ2) is 4.12. The molecular weight excluding hydrogens is 228 g/mol. The van der Waals surface area contributed by atoms with Crippen molar-refractivity contribution in [3.8, 4) is 17.0 Å². The fraction of sp³-hybridized carbons (Fsp3) is 0.0769. The third-order valence-electron chi connectivity index (χ3n) is 2.89. The Morgan fingerprint density at radius 2 is 2.17 bits per heavy atom. The maximum Gasteiger partial charge on any atom is 0.117 e. The normalized spacial score (nSPS) is 10.9. The maximum atomic E-state index is 9.43.